The molecule has 4 aromatic rings. The van der Waals surface area contributed by atoms with Crippen molar-refractivity contribution in [2.24, 2.45) is 5.73 Å². The minimum Gasteiger partial charge on any atom is -0.366 e. The van der Waals surface area contributed by atoms with E-state index >= 15 is 0 Å². The molecule has 25 heavy (non-hydrogen) atoms. The molecule has 123 valence electrons. The molecule has 1 amide bonds. The molecule has 0 aliphatic carbocycles. The van der Waals surface area contributed by atoms with Crippen molar-refractivity contribution >= 4 is 27.7 Å². The Kier molecular flexibility index (Phi) is 3.50. The molecular formula is C20H13F2N2O. The summed E-state index contributed by atoms with van der Waals surface area (Å²) in [7, 11) is 0. The van der Waals surface area contributed by atoms with Gasteiger partial charge in [-0.2, -0.15) is 0 Å². The maximum absolute atomic E-state index is 13.5. The van der Waals surface area contributed by atoms with Gasteiger partial charge in [0.15, 0.2) is 0 Å². The molecule has 0 saturated heterocycles. The van der Waals surface area contributed by atoms with Gasteiger partial charge in [-0.3, -0.25) is 4.79 Å². The lowest BCUT2D eigenvalue weighted by atomic mass is 10.1. The van der Waals surface area contributed by atoms with Crippen molar-refractivity contribution in [3.63, 3.8) is 0 Å². The van der Waals surface area contributed by atoms with Crippen LogP contribution in [0.15, 0.2) is 54.6 Å². The third-order valence-corrected chi connectivity index (χ3v) is 4.24. The van der Waals surface area contributed by atoms with Gasteiger partial charge in [-0.25, -0.2) is 8.78 Å². The maximum atomic E-state index is 13.5. The molecule has 5 heteroatoms. The van der Waals surface area contributed by atoms with Crippen LogP contribution in [0, 0.1) is 17.7 Å². The highest BCUT2D eigenvalue weighted by atomic mass is 19.1. The molecule has 0 bridgehead atoms. The number of fused-ring (bicyclic) bond motifs is 3. The monoisotopic (exact) mass is 335 g/mol. The third-order valence-electron chi connectivity index (χ3n) is 4.24. The van der Waals surface area contributed by atoms with Crippen LogP contribution in [0.5, 0.6) is 0 Å². The highest BCUT2D eigenvalue weighted by Crippen LogP contribution is 2.32. The molecule has 3 aromatic carbocycles. The molecule has 0 fully saturated rings. The Morgan fingerprint density at radius 3 is 2.48 bits per heavy atom. The number of hydrogen-bond acceptors (Lipinski definition) is 1. The molecule has 0 unspecified atom stereocenters. The topological polar surface area (TPSA) is 48.0 Å². The second-order valence-corrected chi connectivity index (χ2v) is 5.86. The van der Waals surface area contributed by atoms with E-state index in [1.165, 1.54) is 12.1 Å². The Labute approximate surface area is 142 Å². The lowest BCUT2D eigenvalue weighted by molar-refractivity contribution is 0.100. The molecule has 1 heterocycles. The first-order valence-electron chi connectivity index (χ1n) is 7.71. The Balaban J connectivity index is 2.02. The largest absolute Gasteiger partial charge is 0.366 e. The summed E-state index contributed by atoms with van der Waals surface area (Å²) in [5, 5.41) is 1.45. The highest BCUT2D eigenvalue weighted by Gasteiger charge is 2.16. The van der Waals surface area contributed by atoms with Gasteiger partial charge in [0.2, 0.25) is 5.91 Å². The van der Waals surface area contributed by atoms with Crippen LogP contribution in [0.25, 0.3) is 21.8 Å². The Morgan fingerprint density at radius 2 is 1.76 bits per heavy atom. The minimum atomic E-state index is -0.625. The summed E-state index contributed by atoms with van der Waals surface area (Å²) in [5.74, 6) is -1.78. The van der Waals surface area contributed by atoms with E-state index in [1.807, 2.05) is 22.8 Å². The van der Waals surface area contributed by atoms with E-state index in [1.54, 1.807) is 18.2 Å². The first kappa shape index (κ1) is 15.3. The van der Waals surface area contributed by atoms with Crippen LogP contribution in [-0.4, -0.2) is 10.5 Å². The van der Waals surface area contributed by atoms with E-state index in [4.69, 9.17) is 5.73 Å². The second kappa shape index (κ2) is 5.70. The van der Waals surface area contributed by atoms with Crippen molar-refractivity contribution in [2.45, 2.75) is 6.54 Å². The maximum Gasteiger partial charge on any atom is 0.249 e. The molecule has 0 aliphatic heterocycles. The lowest BCUT2D eigenvalue weighted by Gasteiger charge is -2.08. The smallest absolute Gasteiger partial charge is 0.249 e. The number of amides is 1. The zero-order valence-corrected chi connectivity index (χ0v) is 13.1. The van der Waals surface area contributed by atoms with E-state index in [0.29, 0.717) is 16.5 Å². The third kappa shape index (κ3) is 2.54. The molecule has 0 saturated carbocycles. The molecule has 3 nitrogen and oxygen atoms in total. The van der Waals surface area contributed by atoms with Crippen LogP contribution in [0.3, 0.4) is 0 Å². The molecule has 0 aliphatic rings. The number of primary amides is 1. The number of benzene rings is 3. The number of rotatable bonds is 3. The number of aromatic nitrogens is 1. The van der Waals surface area contributed by atoms with Crippen LogP contribution < -0.4 is 5.73 Å². The van der Waals surface area contributed by atoms with Gasteiger partial charge in [-0.15, -0.1) is 0 Å². The van der Waals surface area contributed by atoms with Gasteiger partial charge >= 0.3 is 0 Å². The molecule has 1 aromatic heterocycles. The van der Waals surface area contributed by atoms with Crippen molar-refractivity contribution in [3.05, 3.63) is 83.4 Å². The standard InChI is InChI=1S/C20H13F2N2O/c21-13-8-12(9-14(22)10-13)11-24-17-6-2-1-4-15(17)19-16(20(23)25)5-3-7-18(19)24/h1-3,5-10H,11H2,(H2,23,25). The predicted molar refractivity (Wildman–Crippen MR) is 92.3 cm³/mol. The molecule has 4 rings (SSSR count). The highest BCUT2D eigenvalue weighted by molar-refractivity contribution is 6.17. The van der Waals surface area contributed by atoms with E-state index < -0.39 is 17.5 Å². The average Bonchev–Trinajstić information content (AvgIpc) is 2.88. The Hall–Kier alpha value is -3.21. The molecule has 1 radical (unpaired) electrons. The molecule has 2 N–H and O–H groups in total. The number of carbonyl (C=O) groups excluding carboxylic acids is 1. The van der Waals surface area contributed by atoms with E-state index in [0.717, 1.165) is 22.5 Å². The first-order chi connectivity index (χ1) is 12.0. The number of hydrogen-bond donors (Lipinski definition) is 1. The van der Waals surface area contributed by atoms with E-state index in [2.05, 4.69) is 6.07 Å². The molecule has 0 spiro atoms. The fraction of sp³-hybridized carbons (Fsp3) is 0.0500. The van der Waals surface area contributed by atoms with Crippen molar-refractivity contribution in [1.29, 1.82) is 0 Å². The number of nitrogens with two attached hydrogens (primary N) is 1. The summed E-state index contributed by atoms with van der Waals surface area (Å²) in [6.07, 6.45) is 0. The Morgan fingerprint density at radius 1 is 1.04 bits per heavy atom. The van der Waals surface area contributed by atoms with Gasteiger partial charge in [0.05, 0.1) is 11.0 Å². The summed E-state index contributed by atoms with van der Waals surface area (Å²) < 4.78 is 29.0. The summed E-state index contributed by atoms with van der Waals surface area (Å²) in [5.41, 5.74) is 7.98. The van der Waals surface area contributed by atoms with Gasteiger partial charge < -0.3 is 10.3 Å². The van der Waals surface area contributed by atoms with Gasteiger partial charge in [0.25, 0.3) is 0 Å². The van der Waals surface area contributed by atoms with Crippen molar-refractivity contribution in [1.82, 2.24) is 4.57 Å². The van der Waals surface area contributed by atoms with Crippen molar-refractivity contribution in [3.8, 4) is 0 Å². The van der Waals surface area contributed by atoms with Crippen LogP contribution in [0.4, 0.5) is 8.78 Å². The van der Waals surface area contributed by atoms with Crippen LogP contribution in [0.2, 0.25) is 0 Å². The van der Waals surface area contributed by atoms with Crippen molar-refractivity contribution < 1.29 is 13.6 Å². The summed E-state index contributed by atoms with van der Waals surface area (Å²) in [6, 6.07) is 17.3. The summed E-state index contributed by atoms with van der Waals surface area (Å²) >= 11 is 0. The minimum absolute atomic E-state index is 0.259. The zero-order valence-electron chi connectivity index (χ0n) is 13.1. The van der Waals surface area contributed by atoms with Crippen molar-refractivity contribution in [2.75, 3.05) is 0 Å². The average molecular weight is 335 g/mol. The molecule has 0 atom stereocenters. The van der Waals surface area contributed by atoms with Gasteiger partial charge in [-0.05, 0) is 42.0 Å². The zero-order chi connectivity index (χ0) is 17.6. The van der Waals surface area contributed by atoms with Gasteiger partial charge in [-0.1, -0.05) is 18.2 Å². The summed E-state index contributed by atoms with van der Waals surface area (Å²) in [4.78, 5) is 11.8. The SMILES string of the molecule is NC(=O)c1cccc2c1c1[c]cccc1n2Cc1cc(F)cc(F)c1. The predicted octanol–water partition coefficient (Wildman–Crippen LogP) is 4.02. The molecular weight excluding hydrogens is 322 g/mol. The van der Waals surface area contributed by atoms with E-state index in [-0.39, 0.29) is 6.54 Å². The van der Waals surface area contributed by atoms with Gasteiger partial charge in [0, 0.05) is 28.9 Å². The van der Waals surface area contributed by atoms with E-state index in [9.17, 15) is 13.6 Å². The van der Waals surface area contributed by atoms with Crippen LogP contribution >= 0.6 is 0 Å². The number of nitrogens with zero attached hydrogens (tertiary/aromatic N) is 1. The van der Waals surface area contributed by atoms with Crippen LogP contribution in [0.1, 0.15) is 15.9 Å². The Bertz CT molecular complexity index is 1110. The van der Waals surface area contributed by atoms with Crippen LogP contribution in [-0.2, 0) is 6.54 Å². The fourth-order valence-corrected chi connectivity index (χ4v) is 3.27. The fourth-order valence-electron chi connectivity index (χ4n) is 3.27. The number of carbonyl (C=O) groups is 1. The lowest BCUT2D eigenvalue weighted by Crippen LogP contribution is -2.11. The normalized spacial score (nSPS) is 11.3. The second-order valence-electron chi connectivity index (χ2n) is 5.86. The number of halogens is 2. The first-order valence-corrected chi connectivity index (χ1v) is 7.71. The summed E-state index contributed by atoms with van der Waals surface area (Å²) in [6.45, 7) is 0.259. The van der Waals surface area contributed by atoms with Gasteiger partial charge in [0.1, 0.15) is 11.6 Å². The quantitative estimate of drug-likeness (QED) is 0.604.